The van der Waals surface area contributed by atoms with Crippen molar-refractivity contribution in [1.82, 2.24) is 9.80 Å². The molecule has 1 unspecified atom stereocenters. The van der Waals surface area contributed by atoms with E-state index in [4.69, 9.17) is 19.2 Å². The van der Waals surface area contributed by atoms with Gasteiger partial charge in [-0.25, -0.2) is 9.79 Å². The Labute approximate surface area is 204 Å². The minimum absolute atomic E-state index is 0.0295. The number of hydrogen-bond acceptors (Lipinski definition) is 6. The number of hydrogen-bond donors (Lipinski definition) is 1. The highest BCUT2D eigenvalue weighted by Gasteiger charge is 2.32. The lowest BCUT2D eigenvalue weighted by molar-refractivity contribution is 0.145. The van der Waals surface area contributed by atoms with Gasteiger partial charge < -0.3 is 29.3 Å². The van der Waals surface area contributed by atoms with Crippen molar-refractivity contribution in [2.24, 2.45) is 4.99 Å². The zero-order chi connectivity index (χ0) is 24.4. The third-order valence-electron chi connectivity index (χ3n) is 6.27. The van der Waals surface area contributed by atoms with Crippen molar-refractivity contribution in [2.45, 2.75) is 13.0 Å². The maximum absolute atomic E-state index is 13.0. The summed E-state index contributed by atoms with van der Waals surface area (Å²) in [5.41, 5.74) is 2.35. The van der Waals surface area contributed by atoms with Crippen LogP contribution in [0.1, 0.15) is 12.5 Å². The minimum atomic E-state index is -0.124. The van der Waals surface area contributed by atoms with Gasteiger partial charge in [-0.05, 0) is 55.5 Å². The van der Waals surface area contributed by atoms with Crippen molar-refractivity contribution in [1.29, 1.82) is 0 Å². The van der Waals surface area contributed by atoms with Crippen LogP contribution >= 0.6 is 0 Å². The molecule has 1 N–H and O–H groups in total. The molecule has 1 saturated heterocycles. The Hall–Kier alpha value is -4.20. The van der Waals surface area contributed by atoms with E-state index in [1.54, 1.807) is 14.2 Å². The SMILES string of the molecule is COc1ccc(NC(=O)N2CCN(C3=Nc4ccccc4Oc4c(OC)cccc43)CC2C)cc1. The third kappa shape index (κ3) is 4.47. The Bertz CT molecular complexity index is 1260. The molecule has 0 spiro atoms. The first-order valence-electron chi connectivity index (χ1n) is 11.6. The van der Waals surface area contributed by atoms with E-state index in [1.807, 2.05) is 78.6 Å². The van der Waals surface area contributed by atoms with Crippen molar-refractivity contribution < 1.29 is 19.0 Å². The number of rotatable bonds is 3. The molecule has 2 amide bonds. The van der Waals surface area contributed by atoms with Crippen molar-refractivity contribution in [2.75, 3.05) is 39.2 Å². The number of fused-ring (bicyclic) bond motifs is 2. The number of benzene rings is 3. The Morgan fingerprint density at radius 2 is 1.80 bits per heavy atom. The molecular formula is C27H28N4O4. The van der Waals surface area contributed by atoms with Gasteiger partial charge in [0.1, 0.15) is 17.3 Å². The van der Waals surface area contributed by atoms with Crippen LogP contribution in [-0.4, -0.2) is 61.6 Å². The molecule has 8 heteroatoms. The first kappa shape index (κ1) is 22.6. The van der Waals surface area contributed by atoms with Crippen molar-refractivity contribution in [3.8, 4) is 23.0 Å². The predicted molar refractivity (Wildman–Crippen MR) is 135 cm³/mol. The maximum Gasteiger partial charge on any atom is 0.322 e. The monoisotopic (exact) mass is 472 g/mol. The van der Waals surface area contributed by atoms with E-state index in [2.05, 4.69) is 10.2 Å². The van der Waals surface area contributed by atoms with Gasteiger partial charge in [0.25, 0.3) is 0 Å². The number of nitrogens with zero attached hydrogens (tertiary/aromatic N) is 3. The van der Waals surface area contributed by atoms with Gasteiger partial charge in [-0.3, -0.25) is 0 Å². The fourth-order valence-electron chi connectivity index (χ4n) is 4.44. The van der Waals surface area contributed by atoms with Crippen LogP contribution in [0.2, 0.25) is 0 Å². The summed E-state index contributed by atoms with van der Waals surface area (Å²) in [6.07, 6.45) is 0. The van der Waals surface area contributed by atoms with Crippen LogP contribution in [0.5, 0.6) is 23.0 Å². The molecular weight excluding hydrogens is 444 g/mol. The quantitative estimate of drug-likeness (QED) is 0.572. The largest absolute Gasteiger partial charge is 0.497 e. The Morgan fingerprint density at radius 3 is 2.54 bits per heavy atom. The fourth-order valence-corrected chi connectivity index (χ4v) is 4.44. The van der Waals surface area contributed by atoms with Crippen LogP contribution in [0.3, 0.4) is 0 Å². The number of methoxy groups -OCH3 is 2. The van der Waals surface area contributed by atoms with Gasteiger partial charge in [0.05, 0.1) is 19.8 Å². The Kier molecular flexibility index (Phi) is 6.18. The number of anilines is 1. The Morgan fingerprint density at radius 1 is 1.00 bits per heavy atom. The summed E-state index contributed by atoms with van der Waals surface area (Å²) in [6.45, 7) is 3.88. The van der Waals surface area contributed by atoms with Crippen LogP contribution < -0.4 is 19.5 Å². The van der Waals surface area contributed by atoms with Crippen LogP contribution in [0.25, 0.3) is 0 Å². The minimum Gasteiger partial charge on any atom is -0.497 e. The summed E-state index contributed by atoms with van der Waals surface area (Å²) in [5.74, 6) is 3.53. The molecule has 2 aliphatic heterocycles. The molecule has 3 aromatic rings. The Balaban J connectivity index is 1.38. The smallest absolute Gasteiger partial charge is 0.322 e. The molecule has 1 fully saturated rings. The summed E-state index contributed by atoms with van der Waals surface area (Å²) < 4.78 is 17.0. The van der Waals surface area contributed by atoms with E-state index < -0.39 is 0 Å². The molecule has 0 radical (unpaired) electrons. The van der Waals surface area contributed by atoms with E-state index in [0.717, 1.165) is 28.5 Å². The van der Waals surface area contributed by atoms with Gasteiger partial charge in [0.2, 0.25) is 0 Å². The fraction of sp³-hybridized carbons (Fsp3) is 0.259. The molecule has 0 saturated carbocycles. The summed E-state index contributed by atoms with van der Waals surface area (Å²) in [6, 6.07) is 20.7. The van der Waals surface area contributed by atoms with E-state index in [0.29, 0.717) is 36.9 Å². The topological polar surface area (TPSA) is 75.6 Å². The first-order valence-corrected chi connectivity index (χ1v) is 11.6. The zero-order valence-corrected chi connectivity index (χ0v) is 20.0. The van der Waals surface area contributed by atoms with Crippen molar-refractivity contribution in [3.05, 3.63) is 72.3 Å². The highest BCUT2D eigenvalue weighted by atomic mass is 16.5. The molecule has 180 valence electrons. The van der Waals surface area contributed by atoms with Gasteiger partial charge >= 0.3 is 6.03 Å². The molecule has 3 aromatic carbocycles. The number of carbonyl (C=O) groups is 1. The summed E-state index contributed by atoms with van der Waals surface area (Å²) >= 11 is 0. The standard InChI is InChI=1S/C27H28N4O4/c1-18-17-30(15-16-31(18)27(32)28-19-11-13-20(33-2)14-12-19)26-21-7-6-10-24(34-3)25(21)35-23-9-5-4-8-22(23)29-26/h4-14,18H,15-17H2,1-3H3,(H,28,32). The average molecular weight is 473 g/mol. The molecule has 0 bridgehead atoms. The van der Waals surface area contributed by atoms with Gasteiger partial charge in [0.15, 0.2) is 17.2 Å². The molecule has 2 heterocycles. The lowest BCUT2D eigenvalue weighted by Gasteiger charge is -2.41. The predicted octanol–water partition coefficient (Wildman–Crippen LogP) is 5.13. The molecule has 35 heavy (non-hydrogen) atoms. The molecule has 1 atom stereocenters. The number of amidine groups is 1. The van der Waals surface area contributed by atoms with Gasteiger partial charge in [-0.2, -0.15) is 0 Å². The van der Waals surface area contributed by atoms with Crippen LogP contribution in [0.15, 0.2) is 71.7 Å². The summed E-state index contributed by atoms with van der Waals surface area (Å²) in [4.78, 5) is 22.1. The van der Waals surface area contributed by atoms with Gasteiger partial charge in [-0.1, -0.05) is 18.2 Å². The number of piperazine rings is 1. The lowest BCUT2D eigenvalue weighted by atomic mass is 10.1. The molecule has 0 aromatic heterocycles. The third-order valence-corrected chi connectivity index (χ3v) is 6.27. The maximum atomic E-state index is 13.0. The molecule has 0 aliphatic carbocycles. The van der Waals surface area contributed by atoms with E-state index in [9.17, 15) is 4.79 Å². The number of para-hydroxylation sites is 3. The molecule has 5 rings (SSSR count). The second-order valence-electron chi connectivity index (χ2n) is 8.49. The number of nitrogens with one attached hydrogen (secondary N) is 1. The first-order chi connectivity index (χ1) is 17.1. The summed E-state index contributed by atoms with van der Waals surface area (Å²) in [7, 11) is 3.25. The second-order valence-corrected chi connectivity index (χ2v) is 8.49. The van der Waals surface area contributed by atoms with Crippen molar-refractivity contribution >= 4 is 23.2 Å². The number of carbonyl (C=O) groups excluding carboxylic acids is 1. The van der Waals surface area contributed by atoms with Crippen LogP contribution in [0, 0.1) is 0 Å². The number of urea groups is 1. The van der Waals surface area contributed by atoms with E-state index >= 15 is 0 Å². The van der Waals surface area contributed by atoms with E-state index in [1.165, 1.54) is 0 Å². The van der Waals surface area contributed by atoms with E-state index in [-0.39, 0.29) is 12.1 Å². The second kappa shape index (κ2) is 9.58. The highest BCUT2D eigenvalue weighted by molar-refractivity contribution is 6.04. The van der Waals surface area contributed by atoms with Crippen LogP contribution in [0.4, 0.5) is 16.2 Å². The lowest BCUT2D eigenvalue weighted by Crippen LogP contribution is -2.56. The number of aliphatic imine (C=N–C) groups is 1. The summed E-state index contributed by atoms with van der Waals surface area (Å²) in [5, 5.41) is 2.99. The van der Waals surface area contributed by atoms with Crippen LogP contribution in [-0.2, 0) is 0 Å². The van der Waals surface area contributed by atoms with Gasteiger partial charge in [0, 0.05) is 31.4 Å². The molecule has 8 nitrogen and oxygen atoms in total. The zero-order valence-electron chi connectivity index (χ0n) is 20.0. The van der Waals surface area contributed by atoms with Crippen molar-refractivity contribution in [3.63, 3.8) is 0 Å². The molecule has 2 aliphatic rings. The number of amides is 2. The van der Waals surface area contributed by atoms with Gasteiger partial charge in [-0.15, -0.1) is 0 Å². The average Bonchev–Trinajstić information content (AvgIpc) is 3.05. The number of ether oxygens (including phenoxy) is 3. The normalized spacial score (nSPS) is 16.8. The highest BCUT2D eigenvalue weighted by Crippen LogP contribution is 2.42.